The molecule has 7 heteroatoms. The number of halogens is 1. The van der Waals surface area contributed by atoms with Crippen molar-refractivity contribution in [2.45, 2.75) is 19.3 Å². The van der Waals surface area contributed by atoms with Gasteiger partial charge >= 0.3 is 0 Å². The maximum Gasteiger partial charge on any atom is 0.271 e. The van der Waals surface area contributed by atoms with Gasteiger partial charge in [-0.05, 0) is 23.8 Å². The van der Waals surface area contributed by atoms with Crippen LogP contribution < -0.4 is 5.32 Å². The van der Waals surface area contributed by atoms with E-state index in [1.807, 2.05) is 0 Å². The van der Waals surface area contributed by atoms with E-state index in [0.717, 1.165) is 11.3 Å². The lowest BCUT2D eigenvalue weighted by Gasteiger charge is -2.24. The summed E-state index contributed by atoms with van der Waals surface area (Å²) in [6.07, 6.45) is -0.201. The number of methoxy groups -OCH3 is 1. The van der Waals surface area contributed by atoms with Crippen molar-refractivity contribution in [2.24, 2.45) is 0 Å². The third-order valence-corrected chi connectivity index (χ3v) is 3.70. The summed E-state index contributed by atoms with van der Waals surface area (Å²) < 4.78 is 25.4. The Kier molecular flexibility index (Phi) is 4.68. The van der Waals surface area contributed by atoms with Crippen LogP contribution in [-0.2, 0) is 22.6 Å². The quantitative estimate of drug-likeness (QED) is 0.852. The molecule has 1 amide bonds. The fourth-order valence-electron chi connectivity index (χ4n) is 2.47. The maximum absolute atomic E-state index is 13.0. The molecule has 0 aliphatic carbocycles. The first-order chi connectivity index (χ1) is 11.2. The predicted octanol–water partition coefficient (Wildman–Crippen LogP) is 1.67. The Hall–Kier alpha value is -2.25. The molecule has 0 fully saturated rings. The number of ether oxygens (including phenoxy) is 2. The molecule has 2 heterocycles. The average molecular weight is 319 g/mol. The topological polar surface area (TPSA) is 65.4 Å². The van der Waals surface area contributed by atoms with Gasteiger partial charge in [0, 0.05) is 13.7 Å². The molecule has 1 N–H and O–H groups in total. The minimum atomic E-state index is -0.278. The molecule has 0 saturated heterocycles. The van der Waals surface area contributed by atoms with Gasteiger partial charge in [-0.25, -0.2) is 4.39 Å². The molecule has 1 aromatic carbocycles. The van der Waals surface area contributed by atoms with Gasteiger partial charge in [0.15, 0.2) is 5.69 Å². The molecule has 23 heavy (non-hydrogen) atoms. The van der Waals surface area contributed by atoms with Gasteiger partial charge in [-0.3, -0.25) is 9.48 Å². The largest absolute Gasteiger partial charge is 0.383 e. The number of hydrogen-bond acceptors (Lipinski definition) is 4. The van der Waals surface area contributed by atoms with E-state index >= 15 is 0 Å². The number of nitrogens with one attached hydrogen (secondary N) is 1. The zero-order valence-electron chi connectivity index (χ0n) is 12.8. The number of rotatable bonds is 5. The highest BCUT2D eigenvalue weighted by molar-refractivity contribution is 5.92. The van der Waals surface area contributed by atoms with Crippen LogP contribution >= 0.6 is 0 Å². The Morgan fingerprint density at radius 2 is 2.26 bits per heavy atom. The molecule has 122 valence electrons. The van der Waals surface area contributed by atoms with Gasteiger partial charge in [-0.2, -0.15) is 5.10 Å². The van der Waals surface area contributed by atoms with Crippen molar-refractivity contribution in [1.82, 2.24) is 15.1 Å². The molecule has 1 atom stereocenters. The number of fused-ring (bicyclic) bond motifs is 1. The number of carbonyl (C=O) groups is 1. The molecule has 1 aliphatic heterocycles. The van der Waals surface area contributed by atoms with Crippen LogP contribution in [0.15, 0.2) is 30.3 Å². The van der Waals surface area contributed by atoms with Gasteiger partial charge in [0.25, 0.3) is 5.91 Å². The number of benzene rings is 1. The summed E-state index contributed by atoms with van der Waals surface area (Å²) in [6, 6.07) is 7.95. The van der Waals surface area contributed by atoms with Crippen molar-refractivity contribution in [2.75, 3.05) is 20.3 Å². The van der Waals surface area contributed by atoms with Gasteiger partial charge in [0.2, 0.25) is 0 Å². The Balaban J connectivity index is 1.69. The van der Waals surface area contributed by atoms with E-state index in [1.165, 1.54) is 12.1 Å². The van der Waals surface area contributed by atoms with Crippen molar-refractivity contribution in [3.8, 4) is 0 Å². The molecule has 1 aliphatic rings. The summed E-state index contributed by atoms with van der Waals surface area (Å²) in [5.74, 6) is -0.512. The predicted molar refractivity (Wildman–Crippen MR) is 80.4 cm³/mol. The Morgan fingerprint density at radius 1 is 1.48 bits per heavy atom. The second-order valence-electron chi connectivity index (χ2n) is 5.30. The molecule has 3 rings (SSSR count). The summed E-state index contributed by atoms with van der Waals surface area (Å²) in [7, 11) is 1.58. The van der Waals surface area contributed by atoms with Crippen molar-refractivity contribution in [1.29, 1.82) is 0 Å². The second-order valence-corrected chi connectivity index (χ2v) is 5.30. The first-order valence-corrected chi connectivity index (χ1v) is 7.38. The monoisotopic (exact) mass is 319 g/mol. The van der Waals surface area contributed by atoms with Crippen LogP contribution in [0.1, 0.15) is 27.8 Å². The van der Waals surface area contributed by atoms with Crippen molar-refractivity contribution in [3.63, 3.8) is 0 Å². The van der Waals surface area contributed by atoms with Crippen LogP contribution in [0, 0.1) is 5.82 Å². The third-order valence-electron chi connectivity index (χ3n) is 3.70. The molecule has 0 bridgehead atoms. The standard InChI is InChI=1S/C16H18FN3O3/c1-22-7-6-18-16(21)14-8-13-10-23-15(9-20(13)19-14)11-2-4-12(17)5-3-11/h2-5,8,15H,6-7,9-10H2,1H3,(H,18,21)/t15-/m0/s1. The fraction of sp³-hybridized carbons (Fsp3) is 0.375. The van der Waals surface area contributed by atoms with Crippen molar-refractivity contribution >= 4 is 5.91 Å². The number of aromatic nitrogens is 2. The van der Waals surface area contributed by atoms with Crippen LogP contribution in [0.2, 0.25) is 0 Å². The highest BCUT2D eigenvalue weighted by Gasteiger charge is 2.24. The zero-order valence-corrected chi connectivity index (χ0v) is 12.8. The Labute approximate surface area is 133 Å². The SMILES string of the molecule is COCCNC(=O)c1cc2n(n1)C[C@@H](c1ccc(F)cc1)OC2. The molecule has 0 saturated carbocycles. The van der Waals surface area contributed by atoms with Crippen LogP contribution in [0.25, 0.3) is 0 Å². The van der Waals surface area contributed by atoms with Crippen LogP contribution in [0.4, 0.5) is 4.39 Å². The Morgan fingerprint density at radius 3 is 3.00 bits per heavy atom. The zero-order chi connectivity index (χ0) is 16.2. The maximum atomic E-state index is 13.0. The molecular formula is C16H18FN3O3. The summed E-state index contributed by atoms with van der Waals surface area (Å²) in [4.78, 5) is 12.0. The normalized spacial score (nSPS) is 16.9. The molecule has 0 spiro atoms. The van der Waals surface area contributed by atoms with E-state index in [1.54, 1.807) is 30.0 Å². The molecular weight excluding hydrogens is 301 g/mol. The van der Waals surface area contributed by atoms with Gasteiger partial charge in [0.1, 0.15) is 11.9 Å². The minimum Gasteiger partial charge on any atom is -0.383 e. The van der Waals surface area contributed by atoms with Crippen molar-refractivity contribution < 1.29 is 18.7 Å². The highest BCUT2D eigenvalue weighted by atomic mass is 19.1. The minimum absolute atomic E-state index is 0.201. The molecule has 0 radical (unpaired) electrons. The molecule has 0 unspecified atom stereocenters. The molecule has 2 aromatic rings. The second kappa shape index (κ2) is 6.89. The van der Waals surface area contributed by atoms with Gasteiger partial charge in [-0.15, -0.1) is 0 Å². The summed E-state index contributed by atoms with van der Waals surface area (Å²) in [6.45, 7) is 1.74. The fourth-order valence-corrected chi connectivity index (χ4v) is 2.47. The number of hydrogen-bond donors (Lipinski definition) is 1. The summed E-state index contributed by atoms with van der Waals surface area (Å²) in [5, 5.41) is 7.07. The summed E-state index contributed by atoms with van der Waals surface area (Å²) in [5.41, 5.74) is 2.10. The van der Waals surface area contributed by atoms with E-state index in [4.69, 9.17) is 9.47 Å². The lowest BCUT2D eigenvalue weighted by Crippen LogP contribution is -2.27. The first kappa shape index (κ1) is 15.6. The Bertz CT molecular complexity index is 684. The summed E-state index contributed by atoms with van der Waals surface area (Å²) >= 11 is 0. The number of amides is 1. The number of carbonyl (C=O) groups excluding carboxylic acids is 1. The number of nitrogens with zero attached hydrogens (tertiary/aromatic N) is 2. The molecule has 1 aromatic heterocycles. The lowest BCUT2D eigenvalue weighted by atomic mass is 10.1. The van der Waals surface area contributed by atoms with Gasteiger partial charge in [0.05, 0.1) is 25.5 Å². The third kappa shape index (κ3) is 3.57. The van der Waals surface area contributed by atoms with Gasteiger partial charge in [-0.1, -0.05) is 12.1 Å². The van der Waals surface area contributed by atoms with E-state index in [-0.39, 0.29) is 17.8 Å². The first-order valence-electron chi connectivity index (χ1n) is 7.38. The lowest BCUT2D eigenvalue weighted by molar-refractivity contribution is -0.00123. The van der Waals surface area contributed by atoms with Gasteiger partial charge < -0.3 is 14.8 Å². The van der Waals surface area contributed by atoms with Crippen LogP contribution in [-0.4, -0.2) is 35.9 Å². The van der Waals surface area contributed by atoms with E-state index in [2.05, 4.69) is 10.4 Å². The van der Waals surface area contributed by atoms with E-state index in [9.17, 15) is 9.18 Å². The van der Waals surface area contributed by atoms with Crippen LogP contribution in [0.5, 0.6) is 0 Å². The highest BCUT2D eigenvalue weighted by Crippen LogP contribution is 2.26. The van der Waals surface area contributed by atoms with E-state index < -0.39 is 0 Å². The van der Waals surface area contributed by atoms with Crippen LogP contribution in [0.3, 0.4) is 0 Å². The van der Waals surface area contributed by atoms with E-state index in [0.29, 0.717) is 32.0 Å². The van der Waals surface area contributed by atoms with Crippen molar-refractivity contribution in [3.05, 3.63) is 53.1 Å². The smallest absolute Gasteiger partial charge is 0.271 e. The average Bonchev–Trinajstić information content (AvgIpc) is 2.99. The molecule has 6 nitrogen and oxygen atoms in total.